The fourth-order valence-corrected chi connectivity index (χ4v) is 2.56. The van der Waals surface area contributed by atoms with Crippen LogP contribution in [0.25, 0.3) is 0 Å². The quantitative estimate of drug-likeness (QED) is 0.782. The lowest BCUT2D eigenvalue weighted by atomic mass is 10.1. The fourth-order valence-electron chi connectivity index (χ4n) is 2.56. The molecular formula is C17H23N3O4. The van der Waals surface area contributed by atoms with Crippen molar-refractivity contribution in [3.8, 4) is 0 Å². The van der Waals surface area contributed by atoms with Crippen LogP contribution in [0.4, 0.5) is 0 Å². The largest absolute Gasteiger partial charge is 0.465 e. The molecule has 1 aliphatic rings. The number of carbonyl (C=O) groups is 3. The minimum atomic E-state index is -0.379. The Hall–Kier alpha value is -2.41. The van der Waals surface area contributed by atoms with E-state index in [0.29, 0.717) is 44.8 Å². The molecule has 0 saturated carbocycles. The molecule has 0 spiro atoms. The van der Waals surface area contributed by atoms with Gasteiger partial charge in [0.05, 0.1) is 19.2 Å². The third-order valence-corrected chi connectivity index (χ3v) is 4.05. The summed E-state index contributed by atoms with van der Waals surface area (Å²) in [7, 11) is 1.34. The summed E-state index contributed by atoms with van der Waals surface area (Å²) in [5.74, 6) is -0.354. The number of esters is 1. The van der Waals surface area contributed by atoms with Crippen LogP contribution >= 0.6 is 0 Å². The Labute approximate surface area is 141 Å². The number of carbonyl (C=O) groups excluding carboxylic acids is 3. The summed E-state index contributed by atoms with van der Waals surface area (Å²) in [6.45, 7) is 5.05. The molecule has 7 nitrogen and oxygen atoms in total. The zero-order chi connectivity index (χ0) is 17.5. The molecule has 1 saturated heterocycles. The van der Waals surface area contributed by atoms with Crippen LogP contribution < -0.4 is 5.32 Å². The van der Waals surface area contributed by atoms with Gasteiger partial charge in [0.2, 0.25) is 11.8 Å². The number of amides is 2. The predicted molar refractivity (Wildman–Crippen MR) is 88.3 cm³/mol. The van der Waals surface area contributed by atoms with Gasteiger partial charge in [-0.25, -0.2) is 4.79 Å². The van der Waals surface area contributed by atoms with Crippen LogP contribution in [-0.2, 0) is 20.9 Å². The van der Waals surface area contributed by atoms with Crippen LogP contribution in [0.2, 0.25) is 0 Å². The monoisotopic (exact) mass is 333 g/mol. The van der Waals surface area contributed by atoms with Gasteiger partial charge in [0, 0.05) is 39.6 Å². The van der Waals surface area contributed by atoms with Crippen LogP contribution in [0.15, 0.2) is 24.3 Å². The van der Waals surface area contributed by atoms with Crippen molar-refractivity contribution >= 4 is 17.8 Å². The summed E-state index contributed by atoms with van der Waals surface area (Å²) < 4.78 is 4.64. The highest BCUT2D eigenvalue weighted by Crippen LogP contribution is 2.06. The number of piperazine rings is 1. The van der Waals surface area contributed by atoms with E-state index in [1.54, 1.807) is 36.1 Å². The van der Waals surface area contributed by atoms with Gasteiger partial charge in [-0.05, 0) is 17.7 Å². The first-order valence-corrected chi connectivity index (χ1v) is 7.91. The highest BCUT2D eigenvalue weighted by molar-refractivity contribution is 5.89. The Balaban J connectivity index is 1.73. The number of methoxy groups -OCH3 is 1. The summed E-state index contributed by atoms with van der Waals surface area (Å²) in [4.78, 5) is 38.5. The molecule has 1 aromatic carbocycles. The number of benzene rings is 1. The maximum Gasteiger partial charge on any atom is 0.337 e. The summed E-state index contributed by atoms with van der Waals surface area (Å²) in [6.07, 6.45) is 0. The average Bonchev–Trinajstić information content (AvgIpc) is 2.60. The molecule has 130 valence electrons. The standard InChI is InChI=1S/C17H23N3O4/c1-13(21)20-9-7-19(8-10-20)12-16(22)18-11-14-3-5-15(6-4-14)17(23)24-2/h3-6H,7-12H2,1-2H3,(H,18,22). The summed E-state index contributed by atoms with van der Waals surface area (Å²) >= 11 is 0. The van der Waals surface area contributed by atoms with Crippen molar-refractivity contribution in [2.75, 3.05) is 39.8 Å². The highest BCUT2D eigenvalue weighted by atomic mass is 16.5. The molecule has 1 N–H and O–H groups in total. The smallest absolute Gasteiger partial charge is 0.337 e. The van der Waals surface area contributed by atoms with Gasteiger partial charge in [0.25, 0.3) is 0 Å². The fraction of sp³-hybridized carbons (Fsp3) is 0.471. The normalized spacial score (nSPS) is 15.0. The zero-order valence-electron chi connectivity index (χ0n) is 14.1. The van der Waals surface area contributed by atoms with Crippen LogP contribution in [0, 0.1) is 0 Å². The van der Waals surface area contributed by atoms with Crippen LogP contribution in [-0.4, -0.2) is 67.4 Å². The van der Waals surface area contributed by atoms with E-state index < -0.39 is 0 Å². The molecule has 1 fully saturated rings. The zero-order valence-corrected chi connectivity index (χ0v) is 14.1. The molecular weight excluding hydrogens is 310 g/mol. The van der Waals surface area contributed by atoms with Gasteiger partial charge in [0.15, 0.2) is 0 Å². The number of hydrogen-bond donors (Lipinski definition) is 1. The van der Waals surface area contributed by atoms with Crippen molar-refractivity contribution in [3.05, 3.63) is 35.4 Å². The molecule has 0 radical (unpaired) electrons. The van der Waals surface area contributed by atoms with E-state index in [1.165, 1.54) is 7.11 Å². The van der Waals surface area contributed by atoms with Gasteiger partial charge in [-0.15, -0.1) is 0 Å². The minimum absolute atomic E-state index is 0.0525. The van der Waals surface area contributed by atoms with Crippen molar-refractivity contribution in [1.29, 1.82) is 0 Å². The van der Waals surface area contributed by atoms with Gasteiger partial charge in [-0.2, -0.15) is 0 Å². The molecule has 1 heterocycles. The molecule has 1 aliphatic heterocycles. The minimum Gasteiger partial charge on any atom is -0.465 e. The van der Waals surface area contributed by atoms with Crippen LogP contribution in [0.1, 0.15) is 22.8 Å². The molecule has 2 rings (SSSR count). The molecule has 0 unspecified atom stereocenters. The first-order chi connectivity index (χ1) is 11.5. The summed E-state index contributed by atoms with van der Waals surface area (Å²) in [6, 6.07) is 6.93. The molecule has 0 atom stereocenters. The second-order valence-corrected chi connectivity index (χ2v) is 5.75. The van der Waals surface area contributed by atoms with Crippen LogP contribution in [0.3, 0.4) is 0 Å². The topological polar surface area (TPSA) is 79.0 Å². The number of nitrogens with one attached hydrogen (secondary N) is 1. The number of nitrogens with zero attached hydrogens (tertiary/aromatic N) is 2. The van der Waals surface area contributed by atoms with E-state index in [9.17, 15) is 14.4 Å². The first kappa shape index (κ1) is 17.9. The Morgan fingerprint density at radius 2 is 1.71 bits per heavy atom. The molecule has 1 aromatic rings. The first-order valence-electron chi connectivity index (χ1n) is 7.91. The van der Waals surface area contributed by atoms with Crippen molar-refractivity contribution in [2.24, 2.45) is 0 Å². The van der Waals surface area contributed by atoms with E-state index in [1.807, 2.05) is 4.90 Å². The third-order valence-electron chi connectivity index (χ3n) is 4.05. The Morgan fingerprint density at radius 1 is 1.08 bits per heavy atom. The molecule has 24 heavy (non-hydrogen) atoms. The van der Waals surface area contributed by atoms with Gasteiger partial charge in [-0.1, -0.05) is 12.1 Å². The number of rotatable bonds is 5. The summed E-state index contributed by atoms with van der Waals surface area (Å²) in [5.41, 5.74) is 1.40. The lowest BCUT2D eigenvalue weighted by molar-refractivity contribution is -0.131. The maximum atomic E-state index is 12.0. The molecule has 2 amide bonds. The van der Waals surface area contributed by atoms with Crippen molar-refractivity contribution in [1.82, 2.24) is 15.1 Å². The second kappa shape index (κ2) is 8.44. The van der Waals surface area contributed by atoms with Crippen molar-refractivity contribution in [3.63, 3.8) is 0 Å². The third kappa shape index (κ3) is 5.06. The average molecular weight is 333 g/mol. The molecule has 0 aliphatic carbocycles. The Kier molecular flexibility index (Phi) is 6.31. The van der Waals surface area contributed by atoms with Crippen LogP contribution in [0.5, 0.6) is 0 Å². The SMILES string of the molecule is COC(=O)c1ccc(CNC(=O)CN2CCN(C(C)=O)CC2)cc1. The predicted octanol–water partition coefficient (Wildman–Crippen LogP) is 0.254. The molecule has 7 heteroatoms. The second-order valence-electron chi connectivity index (χ2n) is 5.75. The maximum absolute atomic E-state index is 12.0. The van der Waals surface area contributed by atoms with E-state index >= 15 is 0 Å². The van der Waals surface area contributed by atoms with Gasteiger partial charge < -0.3 is 15.0 Å². The van der Waals surface area contributed by atoms with Crippen molar-refractivity contribution < 1.29 is 19.1 Å². The number of ether oxygens (including phenoxy) is 1. The van der Waals surface area contributed by atoms with E-state index in [2.05, 4.69) is 10.1 Å². The summed E-state index contributed by atoms with van der Waals surface area (Å²) in [5, 5.41) is 2.87. The molecule has 0 aromatic heterocycles. The Bertz CT molecular complexity index is 592. The number of hydrogen-bond acceptors (Lipinski definition) is 5. The Morgan fingerprint density at radius 3 is 2.25 bits per heavy atom. The molecule has 0 bridgehead atoms. The highest BCUT2D eigenvalue weighted by Gasteiger charge is 2.20. The van der Waals surface area contributed by atoms with Gasteiger partial charge in [-0.3, -0.25) is 14.5 Å². The van der Waals surface area contributed by atoms with E-state index in [4.69, 9.17) is 0 Å². The lowest BCUT2D eigenvalue weighted by Crippen LogP contribution is -2.50. The van der Waals surface area contributed by atoms with E-state index in [0.717, 1.165) is 5.56 Å². The van der Waals surface area contributed by atoms with Gasteiger partial charge in [0.1, 0.15) is 0 Å². The van der Waals surface area contributed by atoms with E-state index in [-0.39, 0.29) is 17.8 Å². The van der Waals surface area contributed by atoms with Gasteiger partial charge >= 0.3 is 5.97 Å². The van der Waals surface area contributed by atoms with Crippen molar-refractivity contribution in [2.45, 2.75) is 13.5 Å². The lowest BCUT2D eigenvalue weighted by Gasteiger charge is -2.33.